The molecule has 0 spiro atoms. The van der Waals surface area contributed by atoms with Crippen LogP contribution in [-0.2, 0) is 9.59 Å². The Morgan fingerprint density at radius 1 is 1.09 bits per heavy atom. The smallest absolute Gasteiger partial charge is 0.249 e. The lowest BCUT2D eigenvalue weighted by atomic mass is 9.78. The summed E-state index contributed by atoms with van der Waals surface area (Å²) in [5.41, 5.74) is 3.55. The third kappa shape index (κ3) is 16.9. The fourth-order valence-electron chi connectivity index (χ4n) is 3.34. The number of Topliss-reactive ketones (excluding diaryl/α,β-unsaturated/α-hetero) is 2. The van der Waals surface area contributed by atoms with Gasteiger partial charge in [0.25, 0.3) is 0 Å². The highest BCUT2D eigenvalue weighted by Crippen LogP contribution is 2.43. The zero-order valence-corrected chi connectivity index (χ0v) is 23.7. The maximum atomic E-state index is 12.1. The minimum Gasteiger partial charge on any atom is -0.299 e. The van der Waals surface area contributed by atoms with Crippen LogP contribution in [0.15, 0.2) is 35.5 Å². The Morgan fingerprint density at radius 2 is 1.62 bits per heavy atom. The average Bonchev–Trinajstić information content (AvgIpc) is 2.71. The van der Waals surface area contributed by atoms with Crippen molar-refractivity contribution in [2.75, 3.05) is 0 Å². The van der Waals surface area contributed by atoms with E-state index in [0.29, 0.717) is 17.4 Å². The van der Waals surface area contributed by atoms with E-state index in [1.54, 1.807) is 19.9 Å². The number of carbonyl (C=O) groups is 2. The summed E-state index contributed by atoms with van der Waals surface area (Å²) in [6, 6.07) is 0. The SMILES string of the molecule is C=C/C(=C\C(CCC(C)(C)C)=C(C)C)C(C)=O.CCC(=O)C1CC(F)(F)C1.CCC[C@H](C)CC. The van der Waals surface area contributed by atoms with Gasteiger partial charge in [-0.1, -0.05) is 86.0 Å². The summed E-state index contributed by atoms with van der Waals surface area (Å²) in [6.45, 7) is 24.7. The molecule has 0 heterocycles. The van der Waals surface area contributed by atoms with Crippen LogP contribution in [0.25, 0.3) is 0 Å². The molecule has 0 aliphatic heterocycles. The topological polar surface area (TPSA) is 34.1 Å². The van der Waals surface area contributed by atoms with Crippen molar-refractivity contribution in [3.63, 3.8) is 0 Å². The predicted molar refractivity (Wildman–Crippen MR) is 143 cm³/mol. The van der Waals surface area contributed by atoms with E-state index in [9.17, 15) is 18.4 Å². The van der Waals surface area contributed by atoms with E-state index in [4.69, 9.17) is 0 Å². The minimum absolute atomic E-state index is 0.0223. The molecule has 1 fully saturated rings. The molecular weight excluding hydrogens is 430 g/mol. The number of rotatable bonds is 10. The number of allylic oxidation sites excluding steroid dienone is 5. The second kappa shape index (κ2) is 16.9. The zero-order chi connectivity index (χ0) is 27.1. The normalized spacial score (nSPS) is 16.1. The molecule has 4 heteroatoms. The Labute approximate surface area is 209 Å². The maximum absolute atomic E-state index is 12.1. The zero-order valence-electron chi connectivity index (χ0n) is 23.7. The Bertz CT molecular complexity index is 681. The predicted octanol–water partition coefficient (Wildman–Crippen LogP) is 9.69. The fourth-order valence-corrected chi connectivity index (χ4v) is 3.34. The van der Waals surface area contributed by atoms with Gasteiger partial charge in [-0.2, -0.15) is 0 Å². The number of hydrogen-bond acceptors (Lipinski definition) is 2. The molecule has 1 atom stereocenters. The number of alkyl halides is 2. The summed E-state index contributed by atoms with van der Waals surface area (Å²) in [7, 11) is 0. The molecular formula is C30H52F2O2. The summed E-state index contributed by atoms with van der Waals surface area (Å²) in [6.07, 6.45) is 9.78. The van der Waals surface area contributed by atoms with E-state index < -0.39 is 5.92 Å². The van der Waals surface area contributed by atoms with E-state index in [2.05, 4.69) is 62.0 Å². The van der Waals surface area contributed by atoms with Crippen LogP contribution in [0.5, 0.6) is 0 Å². The summed E-state index contributed by atoms with van der Waals surface area (Å²) in [4.78, 5) is 22.1. The average molecular weight is 483 g/mol. The molecule has 1 saturated carbocycles. The van der Waals surface area contributed by atoms with E-state index in [1.165, 1.54) is 30.4 Å². The van der Waals surface area contributed by atoms with Crippen LogP contribution in [0.1, 0.15) is 121 Å². The standard InChI is InChI=1S/C16H26O.C7H10F2O.C7H16/c1-8-14(13(4)17)11-15(12(2)3)9-10-16(5,6)7;1-2-6(10)5-3-7(8,9)4-5;1-4-6-7(3)5-2/h8,11H,1,9-10H2,2-7H3;5H,2-4H2,1H3;7H,4-6H2,1-3H3/b14-11+;;/t;;7-/m..1/s1. The largest absolute Gasteiger partial charge is 0.299 e. The van der Waals surface area contributed by atoms with Crippen molar-refractivity contribution in [2.45, 2.75) is 127 Å². The van der Waals surface area contributed by atoms with Crippen LogP contribution < -0.4 is 0 Å². The highest BCUT2D eigenvalue weighted by atomic mass is 19.3. The fraction of sp³-hybridized carbons (Fsp3) is 0.733. The van der Waals surface area contributed by atoms with Gasteiger partial charge in [0.1, 0.15) is 5.78 Å². The van der Waals surface area contributed by atoms with Crippen molar-refractivity contribution in [3.8, 4) is 0 Å². The molecule has 34 heavy (non-hydrogen) atoms. The van der Waals surface area contributed by atoms with Gasteiger partial charge in [0.15, 0.2) is 5.78 Å². The third-order valence-electron chi connectivity index (χ3n) is 6.12. The molecule has 0 aromatic rings. The van der Waals surface area contributed by atoms with Gasteiger partial charge in [0.2, 0.25) is 5.92 Å². The molecule has 0 radical (unpaired) electrons. The van der Waals surface area contributed by atoms with Crippen molar-refractivity contribution in [1.82, 2.24) is 0 Å². The van der Waals surface area contributed by atoms with Gasteiger partial charge in [-0.3, -0.25) is 9.59 Å². The lowest BCUT2D eigenvalue weighted by molar-refractivity contribution is -0.147. The maximum Gasteiger partial charge on any atom is 0.249 e. The van der Waals surface area contributed by atoms with Crippen LogP contribution in [0.2, 0.25) is 0 Å². The van der Waals surface area contributed by atoms with Gasteiger partial charge in [-0.15, -0.1) is 0 Å². The second-order valence-corrected chi connectivity index (χ2v) is 11.0. The van der Waals surface area contributed by atoms with Crippen molar-refractivity contribution >= 4 is 11.6 Å². The van der Waals surface area contributed by atoms with Crippen LogP contribution in [-0.4, -0.2) is 17.5 Å². The minimum atomic E-state index is -2.55. The van der Waals surface area contributed by atoms with Crippen molar-refractivity contribution in [3.05, 3.63) is 35.5 Å². The van der Waals surface area contributed by atoms with Gasteiger partial charge < -0.3 is 0 Å². The number of carbonyl (C=O) groups excluding carboxylic acids is 2. The first-order valence-corrected chi connectivity index (χ1v) is 12.9. The molecule has 198 valence electrons. The molecule has 0 bridgehead atoms. The lowest BCUT2D eigenvalue weighted by Crippen LogP contribution is -2.39. The van der Waals surface area contributed by atoms with Crippen molar-refractivity contribution < 1.29 is 18.4 Å². The highest BCUT2D eigenvalue weighted by molar-refractivity contribution is 5.96. The Balaban J connectivity index is 0. The summed E-state index contributed by atoms with van der Waals surface area (Å²) in [5, 5.41) is 0. The molecule has 2 nitrogen and oxygen atoms in total. The monoisotopic (exact) mass is 482 g/mol. The molecule has 0 aromatic carbocycles. The number of hydrogen-bond donors (Lipinski definition) is 0. The van der Waals surface area contributed by atoms with Gasteiger partial charge >= 0.3 is 0 Å². The summed E-state index contributed by atoms with van der Waals surface area (Å²) < 4.78 is 24.3. The molecule has 1 aliphatic rings. The van der Waals surface area contributed by atoms with E-state index in [-0.39, 0.29) is 30.3 Å². The lowest BCUT2D eigenvalue weighted by Gasteiger charge is -2.33. The Hall–Kier alpha value is -1.58. The van der Waals surface area contributed by atoms with Crippen molar-refractivity contribution in [1.29, 1.82) is 0 Å². The molecule has 0 unspecified atom stereocenters. The first kappa shape index (κ1) is 34.6. The van der Waals surface area contributed by atoms with Crippen LogP contribution in [0, 0.1) is 17.3 Å². The van der Waals surface area contributed by atoms with Crippen LogP contribution in [0.4, 0.5) is 8.78 Å². The second-order valence-electron chi connectivity index (χ2n) is 11.0. The van der Waals surface area contributed by atoms with E-state index in [0.717, 1.165) is 18.8 Å². The molecule has 1 rings (SSSR count). The summed E-state index contributed by atoms with van der Waals surface area (Å²) in [5.74, 6) is -1.89. The summed E-state index contributed by atoms with van der Waals surface area (Å²) >= 11 is 0. The molecule has 0 amide bonds. The van der Waals surface area contributed by atoms with Crippen LogP contribution >= 0.6 is 0 Å². The van der Waals surface area contributed by atoms with Crippen molar-refractivity contribution in [2.24, 2.45) is 17.3 Å². The highest BCUT2D eigenvalue weighted by Gasteiger charge is 2.47. The molecule has 0 aromatic heterocycles. The third-order valence-corrected chi connectivity index (χ3v) is 6.12. The van der Waals surface area contributed by atoms with E-state index in [1.807, 2.05) is 6.08 Å². The van der Waals surface area contributed by atoms with Gasteiger partial charge in [-0.05, 0) is 56.6 Å². The van der Waals surface area contributed by atoms with Gasteiger partial charge in [-0.25, -0.2) is 8.78 Å². The molecule has 0 saturated heterocycles. The molecule has 0 N–H and O–H groups in total. The van der Waals surface area contributed by atoms with Gasteiger partial charge in [0, 0.05) is 30.8 Å². The molecule has 1 aliphatic carbocycles. The Kier molecular flexibility index (Phi) is 17.2. The first-order valence-electron chi connectivity index (χ1n) is 12.9. The van der Waals surface area contributed by atoms with E-state index >= 15 is 0 Å². The van der Waals surface area contributed by atoms with Gasteiger partial charge in [0.05, 0.1) is 0 Å². The quantitative estimate of drug-likeness (QED) is 0.229. The first-order chi connectivity index (χ1) is 15.5. The Morgan fingerprint density at radius 3 is 1.88 bits per heavy atom. The van der Waals surface area contributed by atoms with Crippen LogP contribution in [0.3, 0.4) is 0 Å². The number of halogens is 2. The number of ketones is 2.